The molecule has 1 fully saturated rings. The summed E-state index contributed by atoms with van der Waals surface area (Å²) in [6.45, 7) is 1.01. The number of carboxylic acid groups (broad SMARTS) is 1. The number of nitrogens with two attached hydrogens (primary N) is 1. The van der Waals surface area contributed by atoms with E-state index in [9.17, 15) is 14.7 Å². The third kappa shape index (κ3) is 4.68. The topological polar surface area (TPSA) is 122 Å². The molecule has 1 aliphatic rings. The molecule has 1 saturated heterocycles. The first kappa shape index (κ1) is 13.9. The second kappa shape index (κ2) is 5.95. The van der Waals surface area contributed by atoms with Crippen LogP contribution >= 0.6 is 0 Å². The average Bonchev–Trinajstić information content (AvgIpc) is 2.24. The van der Waals surface area contributed by atoms with E-state index in [4.69, 9.17) is 15.6 Å². The number of ether oxygens (including phenoxy) is 1. The fourth-order valence-corrected chi connectivity index (χ4v) is 1.69. The van der Waals surface area contributed by atoms with Crippen molar-refractivity contribution in [2.75, 3.05) is 19.8 Å². The largest absolute Gasteiger partial charge is 0.480 e. The summed E-state index contributed by atoms with van der Waals surface area (Å²) in [4.78, 5) is 21.5. The molecule has 98 valence electrons. The molecule has 1 rings (SSSR count). The lowest BCUT2D eigenvalue weighted by Gasteiger charge is -2.33. The van der Waals surface area contributed by atoms with Crippen LogP contribution in [-0.4, -0.2) is 53.5 Å². The van der Waals surface area contributed by atoms with Crippen molar-refractivity contribution in [2.45, 2.75) is 30.9 Å². The van der Waals surface area contributed by atoms with Crippen molar-refractivity contribution in [1.29, 1.82) is 0 Å². The van der Waals surface area contributed by atoms with Gasteiger partial charge in [-0.2, -0.15) is 0 Å². The Labute approximate surface area is 98.9 Å². The van der Waals surface area contributed by atoms with Crippen LogP contribution < -0.4 is 11.1 Å². The third-order valence-corrected chi connectivity index (χ3v) is 2.80. The molecule has 0 radical (unpaired) electrons. The summed E-state index contributed by atoms with van der Waals surface area (Å²) in [5, 5.41) is 21.6. The van der Waals surface area contributed by atoms with E-state index in [2.05, 4.69) is 5.32 Å². The standard InChI is InChI=1S/C10H18N2O5/c11-8(13)5-7(9(14)15)12-6-10(16)1-3-17-4-2-10/h7,12,16H,1-6H2,(H2,11,13)(H,14,15). The Hall–Kier alpha value is -1.18. The smallest absolute Gasteiger partial charge is 0.321 e. The second-order valence-corrected chi connectivity index (χ2v) is 4.28. The Balaban J connectivity index is 2.45. The van der Waals surface area contributed by atoms with Gasteiger partial charge in [-0.15, -0.1) is 0 Å². The average molecular weight is 246 g/mol. The number of carbonyl (C=O) groups is 2. The van der Waals surface area contributed by atoms with E-state index in [0.717, 1.165) is 0 Å². The maximum atomic E-state index is 10.8. The van der Waals surface area contributed by atoms with Gasteiger partial charge in [-0.25, -0.2) is 0 Å². The summed E-state index contributed by atoms with van der Waals surface area (Å²) >= 11 is 0. The number of rotatable bonds is 6. The van der Waals surface area contributed by atoms with Crippen LogP contribution in [0.15, 0.2) is 0 Å². The highest BCUT2D eigenvalue weighted by Gasteiger charge is 2.31. The van der Waals surface area contributed by atoms with Gasteiger partial charge in [0.05, 0.1) is 12.0 Å². The van der Waals surface area contributed by atoms with Crippen molar-refractivity contribution in [2.24, 2.45) is 5.73 Å². The molecular weight excluding hydrogens is 228 g/mol. The lowest BCUT2D eigenvalue weighted by molar-refractivity contribution is -0.141. The first-order chi connectivity index (χ1) is 7.93. The van der Waals surface area contributed by atoms with Gasteiger partial charge in [0, 0.05) is 32.6 Å². The van der Waals surface area contributed by atoms with Crippen LogP contribution in [0.5, 0.6) is 0 Å². The zero-order chi connectivity index (χ0) is 12.9. The molecule has 7 heteroatoms. The summed E-state index contributed by atoms with van der Waals surface area (Å²) in [6, 6.07) is -1.06. The monoisotopic (exact) mass is 246 g/mol. The van der Waals surface area contributed by atoms with Crippen molar-refractivity contribution in [3.8, 4) is 0 Å². The summed E-state index contributed by atoms with van der Waals surface area (Å²) in [7, 11) is 0. The highest BCUT2D eigenvalue weighted by Crippen LogP contribution is 2.19. The van der Waals surface area contributed by atoms with Gasteiger partial charge in [0.15, 0.2) is 0 Å². The molecule has 1 atom stereocenters. The fourth-order valence-electron chi connectivity index (χ4n) is 1.69. The predicted molar refractivity (Wildman–Crippen MR) is 58.2 cm³/mol. The van der Waals surface area contributed by atoms with Crippen LogP contribution in [0.3, 0.4) is 0 Å². The van der Waals surface area contributed by atoms with Gasteiger partial charge in [-0.05, 0) is 0 Å². The first-order valence-corrected chi connectivity index (χ1v) is 5.47. The SMILES string of the molecule is NC(=O)CC(NCC1(O)CCOCC1)C(=O)O. The molecule has 1 aliphatic heterocycles. The van der Waals surface area contributed by atoms with Crippen molar-refractivity contribution in [3.05, 3.63) is 0 Å². The molecule has 0 aromatic rings. The number of aliphatic carboxylic acids is 1. The molecule has 1 amide bonds. The van der Waals surface area contributed by atoms with Gasteiger partial charge < -0.3 is 26.0 Å². The van der Waals surface area contributed by atoms with Gasteiger partial charge >= 0.3 is 5.97 Å². The molecule has 7 nitrogen and oxygen atoms in total. The van der Waals surface area contributed by atoms with Gasteiger partial charge in [0.2, 0.25) is 5.91 Å². The van der Waals surface area contributed by atoms with Gasteiger partial charge in [-0.3, -0.25) is 9.59 Å². The Bertz CT molecular complexity index is 288. The number of carboxylic acids is 1. The van der Waals surface area contributed by atoms with E-state index in [1.165, 1.54) is 0 Å². The summed E-state index contributed by atoms with van der Waals surface area (Å²) < 4.78 is 5.11. The van der Waals surface area contributed by atoms with E-state index in [0.29, 0.717) is 26.1 Å². The molecule has 17 heavy (non-hydrogen) atoms. The first-order valence-electron chi connectivity index (χ1n) is 5.47. The van der Waals surface area contributed by atoms with Gasteiger partial charge in [0.25, 0.3) is 0 Å². The van der Waals surface area contributed by atoms with Gasteiger partial charge in [-0.1, -0.05) is 0 Å². The second-order valence-electron chi connectivity index (χ2n) is 4.28. The maximum Gasteiger partial charge on any atom is 0.321 e. The predicted octanol–water partition coefficient (Wildman–Crippen LogP) is -1.55. The number of hydrogen-bond donors (Lipinski definition) is 4. The highest BCUT2D eigenvalue weighted by molar-refractivity contribution is 5.83. The van der Waals surface area contributed by atoms with E-state index in [1.54, 1.807) is 0 Å². The van der Waals surface area contributed by atoms with Crippen molar-refractivity contribution >= 4 is 11.9 Å². The molecule has 0 spiro atoms. The lowest BCUT2D eigenvalue weighted by atomic mass is 9.94. The molecule has 0 aliphatic carbocycles. The minimum Gasteiger partial charge on any atom is -0.480 e. The number of primary amides is 1. The zero-order valence-electron chi connectivity index (χ0n) is 9.52. The highest BCUT2D eigenvalue weighted by atomic mass is 16.5. The summed E-state index contributed by atoms with van der Waals surface area (Å²) in [6.07, 6.45) is 0.605. The molecule has 0 aromatic carbocycles. The third-order valence-electron chi connectivity index (χ3n) is 2.80. The van der Waals surface area contributed by atoms with Crippen LogP contribution in [0, 0.1) is 0 Å². The van der Waals surface area contributed by atoms with Gasteiger partial charge in [0.1, 0.15) is 6.04 Å². The molecule has 1 unspecified atom stereocenters. The number of carbonyl (C=O) groups excluding carboxylic acids is 1. The van der Waals surface area contributed by atoms with Crippen LogP contribution in [0.4, 0.5) is 0 Å². The van der Waals surface area contributed by atoms with E-state index in [1.807, 2.05) is 0 Å². The van der Waals surface area contributed by atoms with Crippen LogP contribution in [-0.2, 0) is 14.3 Å². The van der Waals surface area contributed by atoms with Crippen molar-refractivity contribution < 1.29 is 24.5 Å². The Morgan fingerprint density at radius 2 is 2.00 bits per heavy atom. The van der Waals surface area contributed by atoms with E-state index < -0.39 is 23.5 Å². The zero-order valence-corrected chi connectivity index (χ0v) is 9.52. The fraction of sp³-hybridized carbons (Fsp3) is 0.800. The minimum atomic E-state index is -1.15. The maximum absolute atomic E-state index is 10.8. The van der Waals surface area contributed by atoms with Crippen molar-refractivity contribution in [1.82, 2.24) is 5.32 Å². The Morgan fingerprint density at radius 1 is 1.41 bits per heavy atom. The summed E-state index contributed by atoms with van der Waals surface area (Å²) in [5.41, 5.74) is 3.98. The van der Waals surface area contributed by atoms with Crippen LogP contribution in [0.2, 0.25) is 0 Å². The van der Waals surface area contributed by atoms with Crippen molar-refractivity contribution in [3.63, 3.8) is 0 Å². The number of nitrogens with one attached hydrogen (secondary N) is 1. The van der Waals surface area contributed by atoms with E-state index >= 15 is 0 Å². The lowest BCUT2D eigenvalue weighted by Crippen LogP contribution is -2.50. The van der Waals surface area contributed by atoms with E-state index in [-0.39, 0.29) is 13.0 Å². The molecule has 5 N–H and O–H groups in total. The number of hydrogen-bond acceptors (Lipinski definition) is 5. The Kier molecular flexibility index (Phi) is 4.86. The minimum absolute atomic E-state index is 0.112. The van der Waals surface area contributed by atoms with Crippen LogP contribution in [0.25, 0.3) is 0 Å². The number of amides is 1. The Morgan fingerprint density at radius 3 is 2.47 bits per heavy atom. The molecular formula is C10H18N2O5. The number of aliphatic hydroxyl groups is 1. The molecule has 0 aromatic heterocycles. The van der Waals surface area contributed by atoms with Crippen LogP contribution in [0.1, 0.15) is 19.3 Å². The summed E-state index contributed by atoms with van der Waals surface area (Å²) in [5.74, 6) is -1.84. The quantitative estimate of drug-likeness (QED) is 0.450. The molecule has 0 bridgehead atoms. The normalized spacial score (nSPS) is 20.8. The molecule has 0 saturated carbocycles. The molecule has 1 heterocycles.